The van der Waals surface area contributed by atoms with E-state index in [4.69, 9.17) is 20.4 Å². The summed E-state index contributed by atoms with van der Waals surface area (Å²) in [6, 6.07) is 27.2. The molecule has 0 saturated heterocycles. The summed E-state index contributed by atoms with van der Waals surface area (Å²) >= 11 is 0. The van der Waals surface area contributed by atoms with Gasteiger partial charge in [-0.25, -0.2) is 18.0 Å². The summed E-state index contributed by atoms with van der Waals surface area (Å²) in [4.78, 5) is 20.6. The van der Waals surface area contributed by atoms with Gasteiger partial charge in [0.25, 0.3) is 0 Å². The van der Waals surface area contributed by atoms with E-state index in [9.17, 15) is 18.0 Å². The van der Waals surface area contributed by atoms with Crippen LogP contribution in [0.5, 0.6) is 11.5 Å². The number of aromatic hydroxyl groups is 2. The summed E-state index contributed by atoms with van der Waals surface area (Å²) in [5.41, 5.74) is 0.662. The third-order valence-electron chi connectivity index (χ3n) is 4.34. The Morgan fingerprint density at radius 2 is 0.771 bits per heavy atom. The molecule has 4 aromatic rings. The quantitative estimate of drug-likeness (QED) is 0.319. The van der Waals surface area contributed by atoms with Gasteiger partial charge in [0.1, 0.15) is 11.5 Å². The van der Waals surface area contributed by atoms with Gasteiger partial charge in [0, 0.05) is 0 Å². The molecule has 0 atom stereocenters. The minimum Gasteiger partial charge on any atom is -0.508 e. The van der Waals surface area contributed by atoms with Crippen LogP contribution in [0.4, 0.5) is 0 Å². The predicted octanol–water partition coefficient (Wildman–Crippen LogP) is 4.70. The molecule has 8 nitrogen and oxygen atoms in total. The minimum atomic E-state index is -3.59. The molecule has 4 N–H and O–H groups in total. The molecule has 0 heterocycles. The van der Waals surface area contributed by atoms with E-state index >= 15 is 0 Å². The summed E-state index contributed by atoms with van der Waals surface area (Å²) in [7, 11) is -3.59. The maximum atomic E-state index is 12.1. The molecular formula is C26H22O8S. The highest BCUT2D eigenvalue weighted by Crippen LogP contribution is 2.23. The number of phenolic OH excluding ortho intramolecular Hbond substituents is 2. The number of carboxylic acids is 2. The Bertz CT molecular complexity index is 1230. The highest BCUT2D eigenvalue weighted by atomic mass is 32.2. The molecule has 9 heteroatoms. The topological polar surface area (TPSA) is 149 Å². The summed E-state index contributed by atoms with van der Waals surface area (Å²) < 4.78 is 24.2. The molecular weight excluding hydrogens is 472 g/mol. The zero-order chi connectivity index (χ0) is 25.8. The van der Waals surface area contributed by atoms with Crippen molar-refractivity contribution in [1.82, 2.24) is 0 Å². The normalized spacial score (nSPS) is 10.1. The van der Waals surface area contributed by atoms with Gasteiger partial charge in [-0.1, -0.05) is 36.4 Å². The molecule has 0 fully saturated rings. The lowest BCUT2D eigenvalue weighted by Crippen LogP contribution is -2.01. The van der Waals surface area contributed by atoms with Crippen molar-refractivity contribution in [3.63, 3.8) is 0 Å². The second-order valence-corrected chi connectivity index (χ2v) is 8.78. The van der Waals surface area contributed by atoms with Crippen LogP contribution in [0.15, 0.2) is 119 Å². The SMILES string of the molecule is O=C(O)c1ccccc1.O=C(O)c1ccccc1.O=S(=O)(c1ccc(O)cc1)c1ccc(O)cc1. The lowest BCUT2D eigenvalue weighted by Gasteiger charge is -2.04. The molecule has 4 rings (SSSR count). The zero-order valence-electron chi connectivity index (χ0n) is 18.2. The van der Waals surface area contributed by atoms with E-state index in [0.29, 0.717) is 11.1 Å². The van der Waals surface area contributed by atoms with Crippen molar-refractivity contribution in [2.75, 3.05) is 0 Å². The number of aromatic carboxylic acids is 2. The molecule has 180 valence electrons. The smallest absolute Gasteiger partial charge is 0.335 e. The molecule has 0 aromatic heterocycles. The van der Waals surface area contributed by atoms with E-state index in [2.05, 4.69) is 0 Å². The first-order chi connectivity index (χ1) is 16.6. The van der Waals surface area contributed by atoms with E-state index in [1.807, 2.05) is 0 Å². The van der Waals surface area contributed by atoms with Crippen molar-refractivity contribution in [3.05, 3.63) is 120 Å². The van der Waals surface area contributed by atoms with Gasteiger partial charge in [-0.3, -0.25) is 0 Å². The van der Waals surface area contributed by atoms with Crippen LogP contribution in [0.2, 0.25) is 0 Å². The van der Waals surface area contributed by atoms with Crippen molar-refractivity contribution >= 4 is 21.8 Å². The van der Waals surface area contributed by atoms with E-state index in [1.54, 1.807) is 60.7 Å². The standard InChI is InChI=1S/C12H10O4S.2C7H6O2/c13-9-1-5-11(6-2-9)17(15,16)12-7-3-10(14)4-8-12;2*8-7(9)6-4-2-1-3-5-6/h1-8,13-14H;2*1-5H,(H,8,9). The van der Waals surface area contributed by atoms with E-state index in [0.717, 1.165) is 0 Å². The van der Waals surface area contributed by atoms with Crippen molar-refractivity contribution in [3.8, 4) is 11.5 Å². The first kappa shape index (κ1) is 26.6. The van der Waals surface area contributed by atoms with Crippen molar-refractivity contribution in [1.29, 1.82) is 0 Å². The Morgan fingerprint density at radius 3 is 1.00 bits per heavy atom. The van der Waals surface area contributed by atoms with Gasteiger partial charge in [-0.05, 0) is 72.8 Å². The third-order valence-corrected chi connectivity index (χ3v) is 6.12. The Hall–Kier alpha value is -4.63. The average molecular weight is 495 g/mol. The maximum absolute atomic E-state index is 12.1. The number of carboxylic acid groups (broad SMARTS) is 2. The minimum absolute atomic E-state index is 0.00894. The number of benzene rings is 4. The molecule has 0 bridgehead atoms. The van der Waals surface area contributed by atoms with Crippen molar-refractivity contribution < 1.29 is 38.4 Å². The van der Waals surface area contributed by atoms with Crippen LogP contribution in [0.25, 0.3) is 0 Å². The van der Waals surface area contributed by atoms with E-state index < -0.39 is 21.8 Å². The molecule has 0 amide bonds. The van der Waals surface area contributed by atoms with Crippen LogP contribution in [0.3, 0.4) is 0 Å². The van der Waals surface area contributed by atoms with Gasteiger partial charge in [0.05, 0.1) is 20.9 Å². The van der Waals surface area contributed by atoms with E-state index in [1.165, 1.54) is 48.5 Å². The van der Waals surface area contributed by atoms with Gasteiger partial charge in [-0.15, -0.1) is 0 Å². The van der Waals surface area contributed by atoms with Crippen LogP contribution in [-0.2, 0) is 9.84 Å². The second kappa shape index (κ2) is 12.6. The Kier molecular flexibility index (Phi) is 9.56. The molecule has 0 spiro atoms. The molecule has 0 aliphatic rings. The van der Waals surface area contributed by atoms with Crippen molar-refractivity contribution in [2.45, 2.75) is 9.79 Å². The van der Waals surface area contributed by atoms with E-state index in [-0.39, 0.29) is 21.3 Å². The fourth-order valence-corrected chi connectivity index (χ4v) is 3.81. The molecule has 4 aromatic carbocycles. The molecule has 0 saturated carbocycles. The van der Waals surface area contributed by atoms with Crippen LogP contribution in [0, 0.1) is 0 Å². The van der Waals surface area contributed by atoms with Crippen LogP contribution >= 0.6 is 0 Å². The van der Waals surface area contributed by atoms with Gasteiger partial charge in [-0.2, -0.15) is 0 Å². The number of carbonyl (C=O) groups is 2. The largest absolute Gasteiger partial charge is 0.508 e. The fraction of sp³-hybridized carbons (Fsp3) is 0. The Labute approximate surface area is 201 Å². The van der Waals surface area contributed by atoms with Crippen LogP contribution < -0.4 is 0 Å². The maximum Gasteiger partial charge on any atom is 0.335 e. The number of rotatable bonds is 4. The second-order valence-electron chi connectivity index (χ2n) is 6.83. The summed E-state index contributed by atoms with van der Waals surface area (Å²) in [5, 5.41) is 35.0. The summed E-state index contributed by atoms with van der Waals surface area (Å²) in [6.07, 6.45) is 0. The monoisotopic (exact) mass is 494 g/mol. The van der Waals surface area contributed by atoms with Gasteiger partial charge in [0.15, 0.2) is 0 Å². The van der Waals surface area contributed by atoms with Gasteiger partial charge in [0.2, 0.25) is 9.84 Å². The average Bonchev–Trinajstić information content (AvgIpc) is 2.86. The van der Waals surface area contributed by atoms with Gasteiger partial charge < -0.3 is 20.4 Å². The van der Waals surface area contributed by atoms with Gasteiger partial charge >= 0.3 is 11.9 Å². The third kappa shape index (κ3) is 8.34. The first-order valence-corrected chi connectivity index (χ1v) is 11.5. The zero-order valence-corrected chi connectivity index (χ0v) is 19.0. The number of sulfone groups is 1. The predicted molar refractivity (Wildman–Crippen MR) is 128 cm³/mol. The van der Waals surface area contributed by atoms with Crippen molar-refractivity contribution in [2.24, 2.45) is 0 Å². The molecule has 0 radical (unpaired) electrons. The Morgan fingerprint density at radius 1 is 0.486 bits per heavy atom. The first-order valence-electron chi connectivity index (χ1n) is 10.0. The molecule has 0 aliphatic heterocycles. The highest BCUT2D eigenvalue weighted by molar-refractivity contribution is 7.91. The molecule has 35 heavy (non-hydrogen) atoms. The van der Waals surface area contributed by atoms with Crippen LogP contribution in [-0.4, -0.2) is 40.8 Å². The lowest BCUT2D eigenvalue weighted by atomic mass is 10.2. The molecule has 0 aliphatic carbocycles. The summed E-state index contributed by atoms with van der Waals surface area (Å²) in [5.74, 6) is -1.74. The Balaban J connectivity index is 0.000000203. The number of phenols is 2. The lowest BCUT2D eigenvalue weighted by molar-refractivity contribution is 0.0686. The highest BCUT2D eigenvalue weighted by Gasteiger charge is 2.17. The number of hydrogen-bond donors (Lipinski definition) is 4. The summed E-state index contributed by atoms with van der Waals surface area (Å²) in [6.45, 7) is 0. The fourth-order valence-electron chi connectivity index (χ4n) is 2.55. The molecule has 0 unspecified atom stereocenters. The number of hydrogen-bond acceptors (Lipinski definition) is 6. The van der Waals surface area contributed by atoms with Crippen LogP contribution in [0.1, 0.15) is 20.7 Å².